The Hall–Kier alpha value is -3.35. The molecule has 1 aromatic heterocycles. The third-order valence-corrected chi connectivity index (χ3v) is 5.50. The van der Waals surface area contributed by atoms with Gasteiger partial charge in [0.2, 0.25) is 17.6 Å². The van der Waals surface area contributed by atoms with Crippen LogP contribution in [0.25, 0.3) is 11.4 Å². The minimum Gasteiger partial charge on any atom is -0.497 e. The zero-order valence-electron chi connectivity index (χ0n) is 17.3. The maximum atomic E-state index is 12.6. The maximum Gasteiger partial charge on any atom is 0.246 e. The summed E-state index contributed by atoms with van der Waals surface area (Å²) in [6.45, 7) is 4.08. The average molecular weight is 406 g/mol. The van der Waals surface area contributed by atoms with Crippen molar-refractivity contribution < 1.29 is 14.1 Å². The molecule has 3 aromatic rings. The van der Waals surface area contributed by atoms with E-state index >= 15 is 0 Å². The van der Waals surface area contributed by atoms with Gasteiger partial charge in [0.15, 0.2) is 0 Å². The predicted molar refractivity (Wildman–Crippen MR) is 114 cm³/mol. The molecule has 0 unspecified atom stereocenters. The topological polar surface area (TPSA) is 80.5 Å². The third-order valence-electron chi connectivity index (χ3n) is 5.50. The molecule has 7 nitrogen and oxygen atoms in total. The number of benzene rings is 2. The smallest absolute Gasteiger partial charge is 0.246 e. The van der Waals surface area contributed by atoms with Gasteiger partial charge in [0.1, 0.15) is 5.75 Å². The van der Waals surface area contributed by atoms with Gasteiger partial charge in [0, 0.05) is 30.3 Å². The van der Waals surface area contributed by atoms with Crippen LogP contribution in [0.2, 0.25) is 0 Å². The van der Waals surface area contributed by atoms with E-state index in [1.807, 2.05) is 24.3 Å². The molecule has 1 saturated heterocycles. The fourth-order valence-electron chi connectivity index (χ4n) is 3.65. The summed E-state index contributed by atoms with van der Waals surface area (Å²) in [7, 11) is 1.62. The Kier molecular flexibility index (Phi) is 5.97. The number of carbonyl (C=O) groups excluding carboxylic acids is 1. The average Bonchev–Trinajstić information content (AvgIpc) is 3.27. The van der Waals surface area contributed by atoms with Crippen molar-refractivity contribution in [3.63, 3.8) is 0 Å². The Morgan fingerprint density at radius 1 is 1.13 bits per heavy atom. The molecule has 2 aromatic carbocycles. The lowest BCUT2D eigenvalue weighted by atomic mass is 9.95. The van der Waals surface area contributed by atoms with Crippen LogP contribution in [0.15, 0.2) is 53.1 Å². The second kappa shape index (κ2) is 8.98. The Bertz CT molecular complexity index is 974. The normalized spacial score (nSPS) is 14.5. The van der Waals surface area contributed by atoms with E-state index in [4.69, 9.17) is 9.26 Å². The van der Waals surface area contributed by atoms with Crippen LogP contribution in [0.5, 0.6) is 5.75 Å². The first-order chi connectivity index (χ1) is 14.6. The van der Waals surface area contributed by atoms with Crippen molar-refractivity contribution in [1.82, 2.24) is 15.5 Å². The molecule has 156 valence electrons. The van der Waals surface area contributed by atoms with Gasteiger partial charge in [0.05, 0.1) is 13.7 Å². The van der Waals surface area contributed by atoms with Crippen LogP contribution < -0.4 is 15.0 Å². The number of ether oxygens (including phenoxy) is 1. The Labute approximate surface area is 176 Å². The van der Waals surface area contributed by atoms with E-state index in [-0.39, 0.29) is 18.4 Å². The highest BCUT2D eigenvalue weighted by Gasteiger charge is 2.25. The second-order valence-electron chi connectivity index (χ2n) is 7.55. The van der Waals surface area contributed by atoms with Crippen LogP contribution in [0.4, 0.5) is 5.69 Å². The van der Waals surface area contributed by atoms with Crippen LogP contribution >= 0.6 is 0 Å². The van der Waals surface area contributed by atoms with Gasteiger partial charge < -0.3 is 19.5 Å². The summed E-state index contributed by atoms with van der Waals surface area (Å²) < 4.78 is 10.4. The lowest BCUT2D eigenvalue weighted by Crippen LogP contribution is -2.40. The molecule has 0 aliphatic carbocycles. The van der Waals surface area contributed by atoms with Gasteiger partial charge in [-0.05, 0) is 56.2 Å². The summed E-state index contributed by atoms with van der Waals surface area (Å²) in [4.78, 5) is 19.3. The van der Waals surface area contributed by atoms with Gasteiger partial charge in [-0.25, -0.2) is 0 Å². The molecule has 1 fully saturated rings. The van der Waals surface area contributed by atoms with Gasteiger partial charge >= 0.3 is 0 Å². The van der Waals surface area contributed by atoms with Crippen LogP contribution in [-0.2, 0) is 11.3 Å². The number of carbonyl (C=O) groups is 1. The highest BCUT2D eigenvalue weighted by Crippen LogP contribution is 2.24. The zero-order valence-corrected chi connectivity index (χ0v) is 17.3. The molecular weight excluding hydrogens is 380 g/mol. The van der Waals surface area contributed by atoms with Crippen LogP contribution in [0, 0.1) is 12.8 Å². The molecule has 1 N–H and O–H groups in total. The van der Waals surface area contributed by atoms with Crippen molar-refractivity contribution >= 4 is 11.6 Å². The van der Waals surface area contributed by atoms with Gasteiger partial charge in [-0.3, -0.25) is 4.79 Å². The number of nitrogens with zero attached hydrogens (tertiary/aromatic N) is 3. The van der Waals surface area contributed by atoms with Crippen molar-refractivity contribution in [2.24, 2.45) is 5.92 Å². The summed E-state index contributed by atoms with van der Waals surface area (Å²) in [6, 6.07) is 16.0. The van der Waals surface area contributed by atoms with Crippen molar-refractivity contribution in [3.05, 3.63) is 60.0 Å². The molecule has 0 atom stereocenters. The van der Waals surface area contributed by atoms with Crippen LogP contribution in [-0.4, -0.2) is 36.2 Å². The molecule has 0 spiro atoms. The zero-order chi connectivity index (χ0) is 20.9. The number of anilines is 1. The first kappa shape index (κ1) is 19.9. The maximum absolute atomic E-state index is 12.6. The molecule has 2 heterocycles. The lowest BCUT2D eigenvalue weighted by molar-refractivity contribution is -0.125. The number of aryl methyl sites for hydroxylation is 1. The SMILES string of the molecule is COc1ccc(-c2noc(CNC(=O)C3CCN(c4ccc(C)cc4)CC3)n2)cc1. The number of rotatable bonds is 6. The minimum absolute atomic E-state index is 0.00989. The first-order valence-electron chi connectivity index (χ1n) is 10.2. The second-order valence-corrected chi connectivity index (χ2v) is 7.55. The number of piperidine rings is 1. The molecule has 1 aliphatic heterocycles. The molecule has 7 heteroatoms. The molecule has 30 heavy (non-hydrogen) atoms. The monoisotopic (exact) mass is 406 g/mol. The first-order valence-corrected chi connectivity index (χ1v) is 10.2. The van der Waals surface area contributed by atoms with E-state index < -0.39 is 0 Å². The fourth-order valence-corrected chi connectivity index (χ4v) is 3.65. The molecule has 0 saturated carbocycles. The quantitative estimate of drug-likeness (QED) is 0.674. The lowest BCUT2D eigenvalue weighted by Gasteiger charge is -2.33. The molecule has 4 rings (SSSR count). The summed E-state index contributed by atoms with van der Waals surface area (Å²) in [5.41, 5.74) is 3.31. The number of hydrogen-bond donors (Lipinski definition) is 1. The Balaban J connectivity index is 1.27. The summed E-state index contributed by atoms with van der Waals surface area (Å²) >= 11 is 0. The number of hydrogen-bond acceptors (Lipinski definition) is 6. The Morgan fingerprint density at radius 2 is 1.83 bits per heavy atom. The highest BCUT2D eigenvalue weighted by molar-refractivity contribution is 5.78. The minimum atomic E-state index is 0.00989. The van der Waals surface area contributed by atoms with E-state index in [9.17, 15) is 4.79 Å². The van der Waals surface area contributed by atoms with E-state index in [1.165, 1.54) is 11.3 Å². The molecular formula is C23H26N4O3. The van der Waals surface area contributed by atoms with Gasteiger partial charge in [-0.2, -0.15) is 4.98 Å². The number of methoxy groups -OCH3 is 1. The van der Waals surface area contributed by atoms with E-state index in [0.29, 0.717) is 11.7 Å². The molecule has 1 aliphatic rings. The summed E-state index contributed by atoms with van der Waals surface area (Å²) in [5, 5.41) is 6.94. The van der Waals surface area contributed by atoms with Crippen LogP contribution in [0.1, 0.15) is 24.3 Å². The fraction of sp³-hybridized carbons (Fsp3) is 0.348. The summed E-state index contributed by atoms with van der Waals surface area (Å²) in [6.07, 6.45) is 1.67. The van der Waals surface area contributed by atoms with Gasteiger partial charge in [-0.1, -0.05) is 22.9 Å². The number of aromatic nitrogens is 2. The largest absolute Gasteiger partial charge is 0.497 e. The molecule has 0 bridgehead atoms. The van der Waals surface area contributed by atoms with Crippen molar-refractivity contribution in [2.45, 2.75) is 26.3 Å². The van der Waals surface area contributed by atoms with Crippen molar-refractivity contribution in [3.8, 4) is 17.1 Å². The van der Waals surface area contributed by atoms with Crippen LogP contribution in [0.3, 0.4) is 0 Å². The van der Waals surface area contributed by atoms with Gasteiger partial charge in [0.25, 0.3) is 0 Å². The predicted octanol–water partition coefficient (Wildman–Crippen LogP) is 3.59. The van der Waals surface area contributed by atoms with E-state index in [1.54, 1.807) is 7.11 Å². The standard InChI is InChI=1S/C23H26N4O3/c1-16-3-7-19(8-4-16)27-13-11-18(12-14-27)23(28)24-15-21-25-22(26-30-21)17-5-9-20(29-2)10-6-17/h3-10,18H,11-15H2,1-2H3,(H,24,28). The van der Waals surface area contributed by atoms with Gasteiger partial charge in [-0.15, -0.1) is 0 Å². The summed E-state index contributed by atoms with van der Waals surface area (Å²) in [5.74, 6) is 1.71. The number of nitrogens with one attached hydrogen (secondary N) is 1. The van der Waals surface area contributed by atoms with Crippen molar-refractivity contribution in [2.75, 3.05) is 25.1 Å². The van der Waals surface area contributed by atoms with E-state index in [2.05, 4.69) is 51.5 Å². The highest BCUT2D eigenvalue weighted by atomic mass is 16.5. The third kappa shape index (κ3) is 4.62. The van der Waals surface area contributed by atoms with E-state index in [0.717, 1.165) is 37.2 Å². The number of amides is 1. The molecule has 0 radical (unpaired) electrons. The molecule has 1 amide bonds. The Morgan fingerprint density at radius 3 is 2.50 bits per heavy atom. The van der Waals surface area contributed by atoms with Crippen molar-refractivity contribution in [1.29, 1.82) is 0 Å².